The van der Waals surface area contributed by atoms with Gasteiger partial charge in [0, 0.05) is 24.0 Å². The molecule has 1 unspecified atom stereocenters. The highest BCUT2D eigenvalue weighted by molar-refractivity contribution is 8.77. The van der Waals surface area contributed by atoms with Gasteiger partial charge in [0.05, 0.1) is 6.61 Å². The lowest BCUT2D eigenvalue weighted by Gasteiger charge is -2.07. The molecule has 1 aliphatic rings. The molecule has 0 aromatic carbocycles. The lowest BCUT2D eigenvalue weighted by molar-refractivity contribution is -0.121. The maximum Gasteiger partial charge on any atom is 0.397 e. The van der Waals surface area contributed by atoms with Crippen LogP contribution in [0.2, 0.25) is 0 Å². The summed E-state index contributed by atoms with van der Waals surface area (Å²) in [4.78, 5) is 11.4. The highest BCUT2D eigenvalue weighted by Crippen LogP contribution is 2.39. The SMILES string of the molecule is O=C(CCCCC1CCSS1)NCCOS(=O)(=O)O. The summed E-state index contributed by atoms with van der Waals surface area (Å²) in [6.07, 6.45) is 4.72. The fourth-order valence-corrected chi connectivity index (χ4v) is 4.97. The minimum Gasteiger partial charge on any atom is -0.354 e. The van der Waals surface area contributed by atoms with E-state index in [0.29, 0.717) is 6.42 Å². The molecule has 0 aliphatic carbocycles. The molecule has 9 heteroatoms. The standard InChI is InChI=1S/C10H19NO5S3/c12-10(11-6-7-16-19(13,14)15)4-2-1-3-9-5-8-17-18-9/h9H,1-8H2,(H,11,12)(H,13,14,15). The van der Waals surface area contributed by atoms with E-state index < -0.39 is 10.4 Å². The average Bonchev–Trinajstić information content (AvgIpc) is 2.82. The fraction of sp³-hybridized carbons (Fsp3) is 0.900. The van der Waals surface area contributed by atoms with Crippen LogP contribution in [0.1, 0.15) is 32.1 Å². The molecule has 1 heterocycles. The van der Waals surface area contributed by atoms with Crippen molar-refractivity contribution in [2.75, 3.05) is 18.9 Å². The number of hydrogen-bond acceptors (Lipinski definition) is 6. The summed E-state index contributed by atoms with van der Waals surface area (Å²) in [7, 11) is -0.553. The van der Waals surface area contributed by atoms with E-state index >= 15 is 0 Å². The Hall–Kier alpha value is 0.0400. The molecule has 1 rings (SSSR count). The molecule has 0 aromatic rings. The van der Waals surface area contributed by atoms with Gasteiger partial charge in [0.25, 0.3) is 0 Å². The summed E-state index contributed by atoms with van der Waals surface area (Å²) in [6.45, 7) is -0.172. The fourth-order valence-electron chi connectivity index (χ4n) is 1.65. The molecule has 1 atom stereocenters. The zero-order valence-electron chi connectivity index (χ0n) is 10.5. The number of hydrogen-bond donors (Lipinski definition) is 2. The van der Waals surface area contributed by atoms with Gasteiger partial charge in [-0.2, -0.15) is 8.42 Å². The van der Waals surface area contributed by atoms with Crippen molar-refractivity contribution in [1.29, 1.82) is 0 Å². The van der Waals surface area contributed by atoms with Crippen LogP contribution in [-0.2, 0) is 19.4 Å². The second-order valence-electron chi connectivity index (χ2n) is 4.17. The summed E-state index contributed by atoms with van der Waals surface area (Å²) < 4.78 is 32.8. The Morgan fingerprint density at radius 1 is 1.42 bits per heavy atom. The summed E-state index contributed by atoms with van der Waals surface area (Å²) in [5.74, 6) is 1.11. The van der Waals surface area contributed by atoms with Crippen molar-refractivity contribution in [2.24, 2.45) is 0 Å². The van der Waals surface area contributed by atoms with Crippen molar-refractivity contribution in [2.45, 2.75) is 37.4 Å². The molecule has 0 aromatic heterocycles. The molecule has 0 saturated carbocycles. The van der Waals surface area contributed by atoms with Crippen molar-refractivity contribution in [3.8, 4) is 0 Å². The van der Waals surface area contributed by atoms with Crippen molar-refractivity contribution in [3.05, 3.63) is 0 Å². The van der Waals surface area contributed by atoms with Crippen LogP contribution in [-0.4, -0.2) is 43.0 Å². The molecular weight excluding hydrogens is 310 g/mol. The smallest absolute Gasteiger partial charge is 0.354 e. The van der Waals surface area contributed by atoms with Crippen LogP contribution in [0.5, 0.6) is 0 Å². The first-order valence-electron chi connectivity index (χ1n) is 6.14. The van der Waals surface area contributed by atoms with Gasteiger partial charge >= 0.3 is 10.4 Å². The van der Waals surface area contributed by atoms with Crippen molar-refractivity contribution < 1.29 is 21.9 Å². The Morgan fingerprint density at radius 2 is 2.21 bits per heavy atom. The third-order valence-corrected chi connectivity index (χ3v) is 6.04. The normalized spacial score (nSPS) is 19.5. The molecule has 19 heavy (non-hydrogen) atoms. The Balaban J connectivity index is 1.92. The summed E-state index contributed by atoms with van der Waals surface area (Å²) in [5.41, 5.74) is 0. The quantitative estimate of drug-likeness (QED) is 0.377. The van der Waals surface area contributed by atoms with E-state index in [0.717, 1.165) is 24.5 Å². The number of carbonyl (C=O) groups is 1. The molecule has 1 aliphatic heterocycles. The van der Waals surface area contributed by atoms with Crippen LogP contribution in [0.15, 0.2) is 0 Å². The molecule has 112 valence electrons. The number of nitrogens with one attached hydrogen (secondary N) is 1. The zero-order valence-corrected chi connectivity index (χ0v) is 13.0. The van der Waals surface area contributed by atoms with Crippen LogP contribution in [0.3, 0.4) is 0 Å². The minimum atomic E-state index is -4.41. The second-order valence-corrected chi connectivity index (χ2v) is 8.05. The lowest BCUT2D eigenvalue weighted by Crippen LogP contribution is -2.27. The van der Waals surface area contributed by atoms with Gasteiger partial charge in [-0.15, -0.1) is 0 Å². The van der Waals surface area contributed by atoms with Crippen LogP contribution in [0.25, 0.3) is 0 Å². The number of unbranched alkanes of at least 4 members (excludes halogenated alkanes) is 1. The third kappa shape index (κ3) is 9.55. The molecule has 1 saturated heterocycles. The average molecular weight is 329 g/mol. The lowest BCUT2D eigenvalue weighted by atomic mass is 10.1. The predicted molar refractivity (Wildman–Crippen MR) is 77.4 cm³/mol. The predicted octanol–water partition coefficient (Wildman–Crippen LogP) is 1.64. The summed E-state index contributed by atoms with van der Waals surface area (Å²) in [5, 5.41) is 3.27. The van der Waals surface area contributed by atoms with Gasteiger partial charge < -0.3 is 5.32 Å². The highest BCUT2D eigenvalue weighted by Gasteiger charge is 2.15. The van der Waals surface area contributed by atoms with Crippen LogP contribution in [0, 0.1) is 0 Å². The van der Waals surface area contributed by atoms with Gasteiger partial charge in [0.1, 0.15) is 0 Å². The summed E-state index contributed by atoms with van der Waals surface area (Å²) >= 11 is 0. The highest BCUT2D eigenvalue weighted by atomic mass is 33.1. The summed E-state index contributed by atoms with van der Waals surface area (Å²) in [6, 6.07) is 0. The number of carbonyl (C=O) groups excluding carboxylic acids is 1. The zero-order chi connectivity index (χ0) is 14.1. The Morgan fingerprint density at radius 3 is 2.84 bits per heavy atom. The van der Waals surface area contributed by atoms with E-state index in [2.05, 4.69) is 9.50 Å². The molecular formula is C10H19NO5S3. The van der Waals surface area contributed by atoms with E-state index in [1.807, 2.05) is 21.6 Å². The van der Waals surface area contributed by atoms with Gasteiger partial charge in [-0.3, -0.25) is 9.35 Å². The number of amides is 1. The molecule has 0 radical (unpaired) electrons. The Bertz CT molecular complexity index is 367. The molecule has 6 nitrogen and oxygen atoms in total. The van der Waals surface area contributed by atoms with Crippen LogP contribution in [0.4, 0.5) is 0 Å². The Labute approximate surface area is 121 Å². The first kappa shape index (κ1) is 17.1. The van der Waals surface area contributed by atoms with E-state index in [9.17, 15) is 13.2 Å². The van der Waals surface area contributed by atoms with Gasteiger partial charge in [-0.1, -0.05) is 28.0 Å². The van der Waals surface area contributed by atoms with E-state index in [-0.39, 0.29) is 19.1 Å². The molecule has 0 bridgehead atoms. The van der Waals surface area contributed by atoms with Gasteiger partial charge in [-0.05, 0) is 19.3 Å². The third-order valence-electron chi connectivity index (χ3n) is 2.56. The van der Waals surface area contributed by atoms with Gasteiger partial charge in [-0.25, -0.2) is 4.18 Å². The van der Waals surface area contributed by atoms with Crippen molar-refractivity contribution >= 4 is 37.9 Å². The van der Waals surface area contributed by atoms with E-state index in [1.54, 1.807) is 0 Å². The second kappa shape index (κ2) is 9.06. The monoisotopic (exact) mass is 329 g/mol. The first-order chi connectivity index (χ1) is 8.97. The molecule has 1 fully saturated rings. The largest absolute Gasteiger partial charge is 0.397 e. The van der Waals surface area contributed by atoms with Crippen molar-refractivity contribution in [1.82, 2.24) is 5.32 Å². The van der Waals surface area contributed by atoms with Crippen LogP contribution >= 0.6 is 21.6 Å². The first-order valence-corrected chi connectivity index (χ1v) is 9.89. The van der Waals surface area contributed by atoms with Crippen molar-refractivity contribution in [3.63, 3.8) is 0 Å². The Kier molecular flexibility index (Phi) is 8.15. The maximum absolute atomic E-state index is 11.4. The van der Waals surface area contributed by atoms with E-state index in [4.69, 9.17) is 4.55 Å². The number of rotatable bonds is 9. The maximum atomic E-state index is 11.4. The van der Waals surface area contributed by atoms with Gasteiger partial charge in [0.15, 0.2) is 0 Å². The van der Waals surface area contributed by atoms with Crippen LogP contribution < -0.4 is 5.32 Å². The van der Waals surface area contributed by atoms with Gasteiger partial charge in [0.2, 0.25) is 5.91 Å². The molecule has 1 amide bonds. The molecule has 2 N–H and O–H groups in total. The molecule has 0 spiro atoms. The minimum absolute atomic E-state index is 0.0771. The van der Waals surface area contributed by atoms with E-state index in [1.165, 1.54) is 12.2 Å². The topological polar surface area (TPSA) is 92.7 Å².